The Kier molecular flexibility index (Phi) is 10.0. The molecule has 0 bridgehead atoms. The van der Waals surface area contributed by atoms with Gasteiger partial charge in [0.15, 0.2) is 0 Å². The summed E-state index contributed by atoms with van der Waals surface area (Å²) < 4.78 is 6.19. The Morgan fingerprint density at radius 1 is 1.08 bits per heavy atom. The van der Waals surface area contributed by atoms with Gasteiger partial charge in [-0.05, 0) is 29.9 Å². The number of carboxylic acid groups (broad SMARTS) is 1. The quantitative estimate of drug-likeness (QED) is 0.368. The van der Waals surface area contributed by atoms with Gasteiger partial charge in [0.25, 0.3) is 0 Å². The van der Waals surface area contributed by atoms with Gasteiger partial charge < -0.3 is 26.2 Å². The van der Waals surface area contributed by atoms with E-state index in [4.69, 9.17) is 10.5 Å². The maximum Gasteiger partial charge on any atom is 0.418 e. The number of carbonyl (C=O) groups excluding carboxylic acids is 3. The first-order valence-electron chi connectivity index (χ1n) is 12.1. The highest BCUT2D eigenvalue weighted by Gasteiger charge is 2.30. The molecule has 1 heterocycles. The van der Waals surface area contributed by atoms with Crippen molar-refractivity contribution in [3.63, 3.8) is 0 Å². The highest BCUT2D eigenvalue weighted by Crippen LogP contribution is 2.24. The molecule has 2 aromatic rings. The van der Waals surface area contributed by atoms with Crippen LogP contribution < -0.4 is 16.4 Å². The van der Waals surface area contributed by atoms with Gasteiger partial charge in [0.05, 0.1) is 18.7 Å². The number of hydrogen-bond acceptors (Lipinski definition) is 6. The summed E-state index contributed by atoms with van der Waals surface area (Å²) in [5.74, 6) is -2.29. The molecule has 0 aliphatic carbocycles. The molecule has 0 radical (unpaired) electrons. The Balaban J connectivity index is 2.39. The van der Waals surface area contributed by atoms with E-state index < -0.39 is 42.0 Å². The van der Waals surface area contributed by atoms with Crippen molar-refractivity contribution < 1.29 is 29.0 Å². The molecule has 0 unspecified atom stereocenters. The lowest BCUT2D eigenvalue weighted by Gasteiger charge is -2.26. The first kappa shape index (κ1) is 28.8. The number of para-hydroxylation sites is 1. The number of ether oxygens (including phenoxy) is 1. The Labute approximate surface area is 211 Å². The fourth-order valence-electron chi connectivity index (χ4n) is 4.06. The van der Waals surface area contributed by atoms with Crippen LogP contribution in [-0.4, -0.2) is 58.8 Å². The number of nitrogens with two attached hydrogens (primary N) is 1. The zero-order chi connectivity index (χ0) is 27.0. The lowest BCUT2D eigenvalue weighted by atomic mass is 9.88. The lowest BCUT2D eigenvalue weighted by molar-refractivity contribution is -0.142. The molecule has 0 fully saturated rings. The maximum atomic E-state index is 13.3. The number of unbranched alkanes of at least 4 members (excludes halogenated alkanes) is 1. The molecule has 36 heavy (non-hydrogen) atoms. The number of carboxylic acids is 1. The van der Waals surface area contributed by atoms with Crippen LogP contribution in [0.25, 0.3) is 10.9 Å². The van der Waals surface area contributed by atoms with Gasteiger partial charge >= 0.3 is 12.1 Å². The molecule has 0 saturated carbocycles. The fraction of sp³-hybridized carbons (Fsp3) is 0.538. The van der Waals surface area contributed by atoms with E-state index in [9.17, 15) is 24.3 Å². The molecule has 2 rings (SSSR count). The van der Waals surface area contributed by atoms with Gasteiger partial charge in [0.2, 0.25) is 11.8 Å². The first-order chi connectivity index (χ1) is 16.9. The number of amides is 2. The average Bonchev–Trinajstić information content (AvgIpc) is 3.17. The summed E-state index contributed by atoms with van der Waals surface area (Å²) in [5, 5.41) is 15.5. The molecule has 0 spiro atoms. The third-order valence-electron chi connectivity index (χ3n) is 5.85. The smallest absolute Gasteiger partial charge is 0.418 e. The van der Waals surface area contributed by atoms with Crippen LogP contribution in [-0.2, 0) is 25.5 Å². The second-order valence-corrected chi connectivity index (χ2v) is 10.2. The van der Waals surface area contributed by atoms with Crippen LogP contribution in [0.4, 0.5) is 4.79 Å². The third kappa shape index (κ3) is 7.81. The average molecular weight is 503 g/mol. The molecule has 2 amide bonds. The van der Waals surface area contributed by atoms with Crippen LogP contribution in [0.3, 0.4) is 0 Å². The molecular weight excluding hydrogens is 464 g/mol. The Bertz CT molecular complexity index is 1090. The van der Waals surface area contributed by atoms with Crippen molar-refractivity contribution in [2.75, 3.05) is 7.11 Å². The molecule has 1 aromatic carbocycles. The maximum absolute atomic E-state index is 13.3. The largest absolute Gasteiger partial charge is 0.480 e. The summed E-state index contributed by atoms with van der Waals surface area (Å²) in [6.45, 7) is 7.79. The number of nitrogens with one attached hydrogen (secondary N) is 2. The summed E-state index contributed by atoms with van der Waals surface area (Å²) in [6.07, 6.45) is 3.03. The van der Waals surface area contributed by atoms with Crippen LogP contribution in [0.2, 0.25) is 0 Å². The van der Waals surface area contributed by atoms with E-state index in [0.717, 1.165) is 6.42 Å². The predicted molar refractivity (Wildman–Crippen MR) is 137 cm³/mol. The highest BCUT2D eigenvalue weighted by molar-refractivity contribution is 5.94. The SMILES string of the molecule is CCCC[C@@H](NC(=O)[C@H](Cc1cn(C(=O)OC)c2ccccc12)NC(=O)[C@@H](N)CC(C)(C)C)C(=O)O. The number of aliphatic carboxylic acids is 1. The minimum atomic E-state index is -1.14. The van der Waals surface area contributed by atoms with Gasteiger partial charge in [-0.2, -0.15) is 0 Å². The summed E-state index contributed by atoms with van der Waals surface area (Å²) in [5.41, 5.74) is 7.09. The molecule has 0 aliphatic heterocycles. The van der Waals surface area contributed by atoms with Gasteiger partial charge in [0.1, 0.15) is 12.1 Å². The van der Waals surface area contributed by atoms with Crippen molar-refractivity contribution >= 4 is 34.8 Å². The van der Waals surface area contributed by atoms with Gasteiger partial charge in [-0.25, -0.2) is 9.59 Å². The van der Waals surface area contributed by atoms with E-state index in [2.05, 4.69) is 10.6 Å². The van der Waals surface area contributed by atoms with Crippen molar-refractivity contribution in [1.29, 1.82) is 0 Å². The van der Waals surface area contributed by atoms with E-state index in [1.165, 1.54) is 11.7 Å². The van der Waals surface area contributed by atoms with Crippen LogP contribution in [0.1, 0.15) is 58.9 Å². The number of methoxy groups -OCH3 is 1. The Morgan fingerprint density at radius 3 is 2.31 bits per heavy atom. The molecule has 0 saturated heterocycles. The molecule has 0 aliphatic rings. The van der Waals surface area contributed by atoms with Crippen LogP contribution >= 0.6 is 0 Å². The van der Waals surface area contributed by atoms with Gasteiger partial charge in [-0.15, -0.1) is 0 Å². The second-order valence-electron chi connectivity index (χ2n) is 10.2. The number of hydrogen-bond donors (Lipinski definition) is 4. The van der Waals surface area contributed by atoms with Crippen LogP contribution in [0.5, 0.6) is 0 Å². The van der Waals surface area contributed by atoms with E-state index in [1.807, 2.05) is 27.7 Å². The summed E-state index contributed by atoms with van der Waals surface area (Å²) in [6, 6.07) is 4.06. The van der Waals surface area contributed by atoms with E-state index in [-0.39, 0.29) is 18.3 Å². The minimum absolute atomic E-state index is 0.0183. The molecule has 10 heteroatoms. The van der Waals surface area contributed by atoms with Crippen LogP contribution in [0.15, 0.2) is 30.5 Å². The van der Waals surface area contributed by atoms with Gasteiger partial charge in [0, 0.05) is 18.0 Å². The number of fused-ring (bicyclic) bond motifs is 1. The Hall–Kier alpha value is -3.40. The number of nitrogens with zero attached hydrogens (tertiary/aromatic N) is 1. The topological polar surface area (TPSA) is 153 Å². The van der Waals surface area contributed by atoms with E-state index in [1.54, 1.807) is 30.5 Å². The molecule has 3 atom stereocenters. The normalized spacial score (nSPS) is 14.1. The standard InChI is InChI=1S/C26H38N4O6/c1-6-7-11-19(24(33)34)28-23(32)20(29-22(31)18(27)14-26(2,3)4)13-16-15-30(25(35)36-5)21-12-9-8-10-17(16)21/h8-10,12,15,18-20H,6-7,11,13-14,27H2,1-5H3,(H,28,32)(H,29,31)(H,33,34)/t18-,19+,20-/m0/s1. The Morgan fingerprint density at radius 2 is 1.72 bits per heavy atom. The summed E-state index contributed by atoms with van der Waals surface area (Å²) >= 11 is 0. The van der Waals surface area contributed by atoms with Crippen LogP contribution in [0, 0.1) is 5.41 Å². The van der Waals surface area contributed by atoms with Crippen molar-refractivity contribution in [3.8, 4) is 0 Å². The first-order valence-corrected chi connectivity index (χ1v) is 12.1. The number of aromatic nitrogens is 1. The van der Waals surface area contributed by atoms with Crippen molar-refractivity contribution in [2.45, 2.75) is 77.9 Å². The van der Waals surface area contributed by atoms with Gasteiger partial charge in [-0.3, -0.25) is 14.2 Å². The fourth-order valence-corrected chi connectivity index (χ4v) is 4.06. The van der Waals surface area contributed by atoms with Crippen molar-refractivity contribution in [3.05, 3.63) is 36.0 Å². The number of carbonyl (C=O) groups is 4. The molecular formula is C26H38N4O6. The summed E-state index contributed by atoms with van der Waals surface area (Å²) in [4.78, 5) is 50.2. The van der Waals surface area contributed by atoms with E-state index >= 15 is 0 Å². The minimum Gasteiger partial charge on any atom is -0.480 e. The molecule has 10 nitrogen and oxygen atoms in total. The van der Waals surface area contributed by atoms with Crippen molar-refractivity contribution in [1.82, 2.24) is 15.2 Å². The predicted octanol–water partition coefficient (Wildman–Crippen LogP) is 2.81. The number of benzene rings is 1. The molecule has 198 valence electrons. The highest BCUT2D eigenvalue weighted by atomic mass is 16.5. The monoisotopic (exact) mass is 502 g/mol. The molecule has 1 aromatic heterocycles. The third-order valence-corrected chi connectivity index (χ3v) is 5.85. The second kappa shape index (κ2) is 12.5. The van der Waals surface area contributed by atoms with Crippen molar-refractivity contribution in [2.24, 2.45) is 11.1 Å². The number of rotatable bonds is 11. The van der Waals surface area contributed by atoms with E-state index in [0.29, 0.717) is 29.3 Å². The zero-order valence-corrected chi connectivity index (χ0v) is 21.7. The zero-order valence-electron chi connectivity index (χ0n) is 21.7. The lowest BCUT2D eigenvalue weighted by Crippen LogP contribution is -2.55. The molecule has 5 N–H and O–H groups in total. The summed E-state index contributed by atoms with van der Waals surface area (Å²) in [7, 11) is 1.27. The van der Waals surface area contributed by atoms with Gasteiger partial charge in [-0.1, -0.05) is 58.7 Å².